The van der Waals surface area contributed by atoms with Crippen molar-refractivity contribution in [2.24, 2.45) is 0 Å². The van der Waals surface area contributed by atoms with E-state index in [0.717, 1.165) is 38.2 Å². The van der Waals surface area contributed by atoms with Gasteiger partial charge in [-0.25, -0.2) is 4.52 Å². The first-order valence-corrected chi connectivity index (χ1v) is 6.48. The van der Waals surface area contributed by atoms with Crippen LogP contribution >= 0.6 is 0 Å². The molecular weight excluding hydrogens is 228 g/mol. The summed E-state index contributed by atoms with van der Waals surface area (Å²) in [6.07, 6.45) is 5.75. The Bertz CT molecular complexity index is 570. The third-order valence-corrected chi connectivity index (χ3v) is 2.91. The lowest BCUT2D eigenvalue weighted by Crippen LogP contribution is -2.24. The van der Waals surface area contributed by atoms with Gasteiger partial charge < -0.3 is 9.88 Å². The van der Waals surface area contributed by atoms with Gasteiger partial charge in [0.15, 0.2) is 0 Å². The normalized spacial score (nSPS) is 11.2. The van der Waals surface area contributed by atoms with Crippen molar-refractivity contribution in [3.05, 3.63) is 34.5 Å². The number of nitrogens with one attached hydrogen (secondary N) is 1. The SMILES string of the molecule is CCCNCCCn1ccn2nc(C)cc2c1=O. The fourth-order valence-electron chi connectivity index (χ4n) is 2.00. The van der Waals surface area contributed by atoms with E-state index in [9.17, 15) is 4.79 Å². The maximum absolute atomic E-state index is 12.1. The predicted molar refractivity (Wildman–Crippen MR) is 72.0 cm³/mol. The van der Waals surface area contributed by atoms with Gasteiger partial charge in [-0.1, -0.05) is 6.92 Å². The molecule has 5 heteroatoms. The molecular formula is C13H20N4O. The molecule has 0 bridgehead atoms. The molecule has 0 fully saturated rings. The average Bonchev–Trinajstić information content (AvgIpc) is 2.73. The van der Waals surface area contributed by atoms with Gasteiger partial charge in [-0.15, -0.1) is 0 Å². The minimum absolute atomic E-state index is 0.0357. The van der Waals surface area contributed by atoms with E-state index in [4.69, 9.17) is 0 Å². The van der Waals surface area contributed by atoms with Crippen molar-refractivity contribution in [3.63, 3.8) is 0 Å². The van der Waals surface area contributed by atoms with Crippen molar-refractivity contribution in [3.8, 4) is 0 Å². The van der Waals surface area contributed by atoms with Gasteiger partial charge in [0.2, 0.25) is 0 Å². The fourth-order valence-corrected chi connectivity index (χ4v) is 2.00. The molecule has 0 radical (unpaired) electrons. The number of aromatic nitrogens is 3. The highest BCUT2D eigenvalue weighted by molar-refractivity contribution is 5.44. The number of hydrogen-bond donors (Lipinski definition) is 1. The monoisotopic (exact) mass is 248 g/mol. The molecule has 0 aliphatic rings. The highest BCUT2D eigenvalue weighted by Gasteiger charge is 2.04. The average molecular weight is 248 g/mol. The van der Waals surface area contributed by atoms with Gasteiger partial charge in [-0.2, -0.15) is 5.10 Å². The zero-order valence-corrected chi connectivity index (χ0v) is 11.0. The van der Waals surface area contributed by atoms with Crippen LogP contribution in [0.1, 0.15) is 25.5 Å². The standard InChI is InChI=1S/C13H20N4O/c1-3-5-14-6-4-7-16-8-9-17-12(13(16)18)10-11(2)15-17/h8-10,14H,3-7H2,1-2H3. The third-order valence-electron chi connectivity index (χ3n) is 2.91. The van der Waals surface area contributed by atoms with Crippen molar-refractivity contribution >= 4 is 5.52 Å². The Hall–Kier alpha value is -1.62. The molecule has 0 spiro atoms. The minimum Gasteiger partial charge on any atom is -0.317 e. The maximum atomic E-state index is 12.1. The molecule has 1 N–H and O–H groups in total. The fraction of sp³-hybridized carbons (Fsp3) is 0.538. The number of fused-ring (bicyclic) bond motifs is 1. The van der Waals surface area contributed by atoms with E-state index < -0.39 is 0 Å². The number of hydrogen-bond acceptors (Lipinski definition) is 3. The zero-order valence-electron chi connectivity index (χ0n) is 11.0. The van der Waals surface area contributed by atoms with Gasteiger partial charge in [0.25, 0.3) is 5.56 Å². The van der Waals surface area contributed by atoms with Crippen molar-refractivity contribution in [2.45, 2.75) is 33.2 Å². The van der Waals surface area contributed by atoms with Crippen LogP contribution in [-0.4, -0.2) is 27.3 Å². The van der Waals surface area contributed by atoms with Crippen LogP contribution in [0.25, 0.3) is 5.52 Å². The van der Waals surface area contributed by atoms with E-state index in [-0.39, 0.29) is 5.56 Å². The van der Waals surface area contributed by atoms with Crippen LogP contribution in [-0.2, 0) is 6.54 Å². The highest BCUT2D eigenvalue weighted by atomic mass is 16.1. The predicted octanol–water partition coefficient (Wildman–Crippen LogP) is 1.19. The molecule has 18 heavy (non-hydrogen) atoms. The van der Waals surface area contributed by atoms with E-state index in [2.05, 4.69) is 17.3 Å². The second-order valence-corrected chi connectivity index (χ2v) is 4.52. The summed E-state index contributed by atoms with van der Waals surface area (Å²) in [5, 5.41) is 7.56. The van der Waals surface area contributed by atoms with E-state index in [1.807, 2.05) is 25.4 Å². The van der Waals surface area contributed by atoms with Gasteiger partial charge in [-0.05, 0) is 38.9 Å². The summed E-state index contributed by atoms with van der Waals surface area (Å²) in [5.41, 5.74) is 1.56. The molecule has 0 unspecified atom stereocenters. The van der Waals surface area contributed by atoms with Crippen LogP contribution in [0.2, 0.25) is 0 Å². The molecule has 2 heterocycles. The molecule has 5 nitrogen and oxygen atoms in total. The van der Waals surface area contributed by atoms with Gasteiger partial charge >= 0.3 is 0 Å². The van der Waals surface area contributed by atoms with Gasteiger partial charge in [-0.3, -0.25) is 4.79 Å². The first-order valence-electron chi connectivity index (χ1n) is 6.48. The summed E-state index contributed by atoms with van der Waals surface area (Å²) in [5.74, 6) is 0. The van der Waals surface area contributed by atoms with Crippen LogP contribution in [0.3, 0.4) is 0 Å². The van der Waals surface area contributed by atoms with Crippen LogP contribution in [0.15, 0.2) is 23.3 Å². The van der Waals surface area contributed by atoms with Crippen molar-refractivity contribution in [1.29, 1.82) is 0 Å². The van der Waals surface area contributed by atoms with Gasteiger partial charge in [0, 0.05) is 18.9 Å². The second kappa shape index (κ2) is 5.82. The molecule has 2 rings (SSSR count). The molecule has 0 saturated carbocycles. The number of rotatable bonds is 6. The molecule has 98 valence electrons. The summed E-state index contributed by atoms with van der Waals surface area (Å²) in [6.45, 7) is 6.77. The van der Waals surface area contributed by atoms with Crippen molar-refractivity contribution in [2.75, 3.05) is 13.1 Å². The minimum atomic E-state index is 0.0357. The summed E-state index contributed by atoms with van der Waals surface area (Å²) >= 11 is 0. The Labute approximate surface area is 106 Å². The third kappa shape index (κ3) is 2.79. The van der Waals surface area contributed by atoms with Crippen molar-refractivity contribution < 1.29 is 0 Å². The Kier molecular flexibility index (Phi) is 4.15. The lowest BCUT2D eigenvalue weighted by molar-refractivity contribution is 0.567. The van der Waals surface area contributed by atoms with E-state index in [1.54, 1.807) is 9.08 Å². The number of aryl methyl sites for hydroxylation is 2. The smallest absolute Gasteiger partial charge is 0.276 e. The van der Waals surface area contributed by atoms with Gasteiger partial charge in [0.05, 0.1) is 5.69 Å². The zero-order chi connectivity index (χ0) is 13.0. The van der Waals surface area contributed by atoms with E-state index in [0.29, 0.717) is 5.52 Å². The molecule has 0 saturated heterocycles. The number of nitrogens with zero attached hydrogens (tertiary/aromatic N) is 3. The second-order valence-electron chi connectivity index (χ2n) is 4.52. The molecule has 0 aliphatic carbocycles. The van der Waals surface area contributed by atoms with Crippen LogP contribution in [0.5, 0.6) is 0 Å². The molecule has 2 aromatic heterocycles. The highest BCUT2D eigenvalue weighted by Crippen LogP contribution is 2.00. The molecule has 0 amide bonds. The maximum Gasteiger partial charge on any atom is 0.276 e. The van der Waals surface area contributed by atoms with E-state index >= 15 is 0 Å². The van der Waals surface area contributed by atoms with Crippen LogP contribution < -0.4 is 10.9 Å². The lowest BCUT2D eigenvalue weighted by Gasteiger charge is -2.06. The Balaban J connectivity index is 2.05. The Morgan fingerprint density at radius 2 is 2.17 bits per heavy atom. The Morgan fingerprint density at radius 1 is 1.33 bits per heavy atom. The quantitative estimate of drug-likeness (QED) is 0.781. The molecule has 0 aliphatic heterocycles. The summed E-state index contributed by atoms with van der Waals surface area (Å²) in [7, 11) is 0. The topological polar surface area (TPSA) is 51.3 Å². The summed E-state index contributed by atoms with van der Waals surface area (Å²) < 4.78 is 3.40. The largest absolute Gasteiger partial charge is 0.317 e. The Morgan fingerprint density at radius 3 is 2.94 bits per heavy atom. The first-order chi connectivity index (χ1) is 8.72. The molecule has 0 atom stereocenters. The van der Waals surface area contributed by atoms with E-state index in [1.165, 1.54) is 0 Å². The summed E-state index contributed by atoms with van der Waals surface area (Å²) in [6, 6.07) is 1.83. The van der Waals surface area contributed by atoms with Gasteiger partial charge in [0.1, 0.15) is 5.52 Å². The van der Waals surface area contributed by atoms with Crippen LogP contribution in [0, 0.1) is 6.92 Å². The molecule has 2 aromatic rings. The van der Waals surface area contributed by atoms with Crippen LogP contribution in [0.4, 0.5) is 0 Å². The first kappa shape index (κ1) is 12.8. The molecule has 0 aromatic carbocycles. The lowest BCUT2D eigenvalue weighted by atomic mass is 10.3. The summed E-state index contributed by atoms with van der Waals surface area (Å²) in [4.78, 5) is 12.1. The van der Waals surface area contributed by atoms with Crippen molar-refractivity contribution in [1.82, 2.24) is 19.5 Å².